The third-order valence-corrected chi connectivity index (χ3v) is 4.37. The predicted octanol–water partition coefficient (Wildman–Crippen LogP) is 2.60. The van der Waals surface area contributed by atoms with Crippen molar-refractivity contribution in [2.75, 3.05) is 13.1 Å². The molecule has 2 aliphatic rings. The Labute approximate surface area is 132 Å². The van der Waals surface area contributed by atoms with E-state index in [-0.39, 0.29) is 24.0 Å². The van der Waals surface area contributed by atoms with E-state index in [1.165, 1.54) is 17.5 Å². The van der Waals surface area contributed by atoms with E-state index in [0.29, 0.717) is 17.9 Å². The largest absolute Gasteiger partial charge is 0.370 e. The molecule has 0 saturated heterocycles. The SMILES string of the molecule is CCN(CC)C(N)=NC1C2Cc3ccccc3C21.I. The van der Waals surface area contributed by atoms with E-state index < -0.39 is 0 Å². The smallest absolute Gasteiger partial charge is 0.191 e. The predicted molar refractivity (Wildman–Crippen MR) is 90.1 cm³/mol. The number of hydrogen-bond donors (Lipinski definition) is 1. The molecular weight excluding hydrogens is 349 g/mol. The highest BCUT2D eigenvalue weighted by atomic mass is 127. The van der Waals surface area contributed by atoms with E-state index in [1.807, 2.05) is 0 Å². The molecule has 3 unspecified atom stereocenters. The van der Waals surface area contributed by atoms with Crippen LogP contribution < -0.4 is 5.73 Å². The minimum Gasteiger partial charge on any atom is -0.370 e. The van der Waals surface area contributed by atoms with Crippen LogP contribution in [0.1, 0.15) is 30.9 Å². The third-order valence-electron chi connectivity index (χ3n) is 4.37. The van der Waals surface area contributed by atoms with Crippen LogP contribution in [0.15, 0.2) is 29.3 Å². The molecule has 1 aromatic rings. The van der Waals surface area contributed by atoms with Crippen LogP contribution in [0.3, 0.4) is 0 Å². The van der Waals surface area contributed by atoms with Gasteiger partial charge in [-0.25, -0.2) is 4.99 Å². The van der Waals surface area contributed by atoms with Crippen LogP contribution in [0.2, 0.25) is 0 Å². The second-order valence-electron chi connectivity index (χ2n) is 5.24. The zero-order valence-corrected chi connectivity index (χ0v) is 13.9. The van der Waals surface area contributed by atoms with Crippen molar-refractivity contribution in [2.24, 2.45) is 16.6 Å². The van der Waals surface area contributed by atoms with E-state index in [9.17, 15) is 0 Å². The Morgan fingerprint density at radius 3 is 2.68 bits per heavy atom. The maximum absolute atomic E-state index is 6.08. The molecule has 2 N–H and O–H groups in total. The molecule has 0 aliphatic heterocycles. The van der Waals surface area contributed by atoms with E-state index in [2.05, 4.69) is 43.0 Å². The second-order valence-corrected chi connectivity index (χ2v) is 5.24. The third kappa shape index (κ3) is 2.47. The average Bonchev–Trinajstić information content (AvgIpc) is 2.89. The lowest BCUT2D eigenvalue weighted by Crippen LogP contribution is -2.37. The van der Waals surface area contributed by atoms with E-state index in [1.54, 1.807) is 0 Å². The van der Waals surface area contributed by atoms with Crippen molar-refractivity contribution in [1.29, 1.82) is 0 Å². The Hall–Kier alpha value is -0.780. The van der Waals surface area contributed by atoms with Gasteiger partial charge in [0.2, 0.25) is 0 Å². The first-order chi connectivity index (χ1) is 8.76. The van der Waals surface area contributed by atoms with Gasteiger partial charge in [-0.15, -0.1) is 24.0 Å². The summed E-state index contributed by atoms with van der Waals surface area (Å²) in [6, 6.07) is 9.19. The summed E-state index contributed by atoms with van der Waals surface area (Å²) < 4.78 is 0. The zero-order valence-electron chi connectivity index (χ0n) is 11.5. The number of aliphatic imine (C=N–C) groups is 1. The Balaban J connectivity index is 0.00000133. The molecule has 0 spiro atoms. The number of fused-ring (bicyclic) bond motifs is 3. The summed E-state index contributed by atoms with van der Waals surface area (Å²) in [5.74, 6) is 2.06. The summed E-state index contributed by atoms with van der Waals surface area (Å²) in [6.07, 6.45) is 1.18. The molecule has 1 fully saturated rings. The Morgan fingerprint density at radius 2 is 2.00 bits per heavy atom. The number of benzene rings is 1. The van der Waals surface area contributed by atoms with Gasteiger partial charge in [-0.2, -0.15) is 0 Å². The summed E-state index contributed by atoms with van der Waals surface area (Å²) in [6.45, 7) is 6.11. The average molecular weight is 371 g/mol. The number of rotatable bonds is 3. The van der Waals surface area contributed by atoms with Crippen LogP contribution in [0.4, 0.5) is 0 Å². The molecule has 1 saturated carbocycles. The minimum atomic E-state index is 0. The van der Waals surface area contributed by atoms with Crippen molar-refractivity contribution < 1.29 is 0 Å². The van der Waals surface area contributed by atoms with Crippen LogP contribution >= 0.6 is 24.0 Å². The van der Waals surface area contributed by atoms with Crippen molar-refractivity contribution in [3.8, 4) is 0 Å². The number of guanidine groups is 1. The van der Waals surface area contributed by atoms with Crippen LogP contribution in [0.5, 0.6) is 0 Å². The van der Waals surface area contributed by atoms with Crippen LogP contribution in [-0.4, -0.2) is 30.0 Å². The highest BCUT2D eigenvalue weighted by molar-refractivity contribution is 14.0. The molecule has 0 bridgehead atoms. The Kier molecular flexibility index (Phi) is 4.38. The molecule has 3 nitrogen and oxygen atoms in total. The van der Waals surface area contributed by atoms with Gasteiger partial charge in [0.15, 0.2) is 5.96 Å². The quantitative estimate of drug-likeness (QED) is 0.504. The van der Waals surface area contributed by atoms with Crippen LogP contribution in [0, 0.1) is 5.92 Å². The molecule has 104 valence electrons. The number of nitrogens with zero attached hydrogens (tertiary/aromatic N) is 2. The van der Waals surface area contributed by atoms with Gasteiger partial charge in [-0.1, -0.05) is 24.3 Å². The Bertz CT molecular complexity index is 482. The fraction of sp³-hybridized carbons (Fsp3) is 0.533. The van der Waals surface area contributed by atoms with Crippen LogP contribution in [0.25, 0.3) is 0 Å². The van der Waals surface area contributed by atoms with Gasteiger partial charge in [0, 0.05) is 19.0 Å². The van der Waals surface area contributed by atoms with Crippen LogP contribution in [-0.2, 0) is 6.42 Å². The molecule has 2 aliphatic carbocycles. The second kappa shape index (κ2) is 5.69. The maximum Gasteiger partial charge on any atom is 0.191 e. The van der Waals surface area contributed by atoms with Crippen molar-refractivity contribution in [1.82, 2.24) is 4.90 Å². The standard InChI is InChI=1S/C15H21N3.HI/c1-3-18(4-2)15(16)17-14-12-9-10-7-5-6-8-11(10)13(12)14;/h5-8,12-14H,3-4,9H2,1-2H3,(H2,16,17);1H. The lowest BCUT2D eigenvalue weighted by molar-refractivity contribution is 0.457. The van der Waals surface area contributed by atoms with E-state index in [4.69, 9.17) is 10.7 Å². The maximum atomic E-state index is 6.08. The molecule has 3 rings (SSSR count). The molecule has 4 heteroatoms. The van der Waals surface area contributed by atoms with Gasteiger partial charge in [0.1, 0.15) is 0 Å². The summed E-state index contributed by atoms with van der Waals surface area (Å²) >= 11 is 0. The van der Waals surface area contributed by atoms with Crippen molar-refractivity contribution in [3.63, 3.8) is 0 Å². The van der Waals surface area contributed by atoms with Gasteiger partial charge in [0.05, 0.1) is 6.04 Å². The topological polar surface area (TPSA) is 41.6 Å². The summed E-state index contributed by atoms with van der Waals surface area (Å²) in [7, 11) is 0. The zero-order chi connectivity index (χ0) is 12.7. The lowest BCUT2D eigenvalue weighted by Gasteiger charge is -2.19. The number of nitrogens with two attached hydrogens (primary N) is 1. The Morgan fingerprint density at radius 1 is 1.32 bits per heavy atom. The molecule has 1 aromatic carbocycles. The monoisotopic (exact) mass is 371 g/mol. The first-order valence-corrected chi connectivity index (χ1v) is 6.92. The molecule has 3 atom stereocenters. The number of halogens is 1. The van der Waals surface area contributed by atoms with E-state index in [0.717, 1.165) is 19.0 Å². The summed E-state index contributed by atoms with van der Waals surface area (Å²) in [5, 5.41) is 0. The molecule has 19 heavy (non-hydrogen) atoms. The normalized spacial score (nSPS) is 27.3. The first kappa shape index (κ1) is 14.6. The van der Waals surface area contributed by atoms with Gasteiger partial charge in [-0.3, -0.25) is 0 Å². The molecule has 0 aromatic heterocycles. The summed E-state index contributed by atoms with van der Waals surface area (Å²) in [4.78, 5) is 6.86. The van der Waals surface area contributed by atoms with Crippen molar-refractivity contribution in [3.05, 3.63) is 35.4 Å². The van der Waals surface area contributed by atoms with Gasteiger partial charge < -0.3 is 10.6 Å². The highest BCUT2D eigenvalue weighted by Gasteiger charge is 2.56. The number of hydrogen-bond acceptors (Lipinski definition) is 1. The van der Waals surface area contributed by atoms with E-state index >= 15 is 0 Å². The van der Waals surface area contributed by atoms with Gasteiger partial charge >= 0.3 is 0 Å². The van der Waals surface area contributed by atoms with Gasteiger partial charge in [-0.05, 0) is 37.3 Å². The first-order valence-electron chi connectivity index (χ1n) is 6.92. The van der Waals surface area contributed by atoms with Crippen molar-refractivity contribution >= 4 is 29.9 Å². The fourth-order valence-electron chi connectivity index (χ4n) is 3.28. The summed E-state index contributed by atoms with van der Waals surface area (Å²) in [5.41, 5.74) is 9.10. The molecule has 0 amide bonds. The molecule has 0 heterocycles. The highest BCUT2D eigenvalue weighted by Crippen LogP contribution is 2.58. The molecule has 0 radical (unpaired) electrons. The van der Waals surface area contributed by atoms with Gasteiger partial charge in [0.25, 0.3) is 0 Å². The minimum absolute atomic E-state index is 0. The lowest BCUT2D eigenvalue weighted by atomic mass is 10.1. The fourth-order valence-corrected chi connectivity index (χ4v) is 3.28. The van der Waals surface area contributed by atoms with Crippen molar-refractivity contribution in [2.45, 2.75) is 32.2 Å². The molecular formula is C15H22IN3.